The van der Waals surface area contributed by atoms with E-state index in [4.69, 9.17) is 4.74 Å². The van der Waals surface area contributed by atoms with Crippen LogP contribution in [0.15, 0.2) is 12.8 Å². The van der Waals surface area contributed by atoms with Gasteiger partial charge < -0.3 is 14.9 Å². The van der Waals surface area contributed by atoms with Gasteiger partial charge in [0.05, 0.1) is 6.61 Å². The molecule has 1 heterocycles. The minimum Gasteiger partial charge on any atom is -0.460 e. The molecule has 0 unspecified atom stereocenters. The summed E-state index contributed by atoms with van der Waals surface area (Å²) in [6.45, 7) is 6.82. The largest absolute Gasteiger partial charge is 0.460 e. The molecule has 0 spiro atoms. The van der Waals surface area contributed by atoms with E-state index in [0.717, 1.165) is 10.8 Å². The lowest BCUT2D eigenvalue weighted by Crippen LogP contribution is -2.14. The van der Waals surface area contributed by atoms with Crippen LogP contribution in [0.3, 0.4) is 0 Å². The van der Waals surface area contributed by atoms with Gasteiger partial charge in [-0.05, 0) is 18.4 Å². The molecule has 1 aromatic rings. The molecule has 0 radical (unpaired) electrons. The van der Waals surface area contributed by atoms with Gasteiger partial charge in [0.15, 0.2) is 5.82 Å². The second-order valence-electron chi connectivity index (χ2n) is 2.92. The van der Waals surface area contributed by atoms with E-state index in [2.05, 4.69) is 11.6 Å². The summed E-state index contributed by atoms with van der Waals surface area (Å²) in [4.78, 5) is 25.2. The van der Waals surface area contributed by atoms with Crippen LogP contribution in [0.25, 0.3) is 5.70 Å². The van der Waals surface area contributed by atoms with Crippen molar-refractivity contribution in [3.05, 3.63) is 28.7 Å². The van der Waals surface area contributed by atoms with Crippen LogP contribution >= 0.6 is 0 Å². The molecule has 7 heteroatoms. The number of esters is 1. The van der Waals surface area contributed by atoms with Crippen LogP contribution < -0.4 is 0 Å². The number of rotatable bonds is 4. The predicted octanol–water partition coefficient (Wildman–Crippen LogP) is 1.13. The van der Waals surface area contributed by atoms with Crippen LogP contribution in [-0.2, 0) is 9.53 Å². The van der Waals surface area contributed by atoms with Crippen molar-refractivity contribution in [3.8, 4) is 0 Å². The monoisotopic (exact) mass is 225 g/mol. The molecule has 1 aromatic heterocycles. The van der Waals surface area contributed by atoms with Crippen molar-refractivity contribution >= 4 is 17.5 Å². The average Bonchev–Trinajstić information content (AvgIpc) is 2.59. The van der Waals surface area contributed by atoms with E-state index in [1.165, 1.54) is 6.92 Å². The zero-order valence-corrected chi connectivity index (χ0v) is 8.97. The van der Waals surface area contributed by atoms with Gasteiger partial charge in [-0.15, -0.1) is 0 Å². The summed E-state index contributed by atoms with van der Waals surface area (Å²) in [6.07, 6.45) is 1.07. The Balaban J connectivity index is 3.12. The minimum atomic E-state index is -0.702. The standard InChI is InChI=1S/C9H11N3O4/c1-4-16-9(13)6(2)11-7(3)10-5-8(11)12(14)15/h5H,2,4H2,1,3H3. The van der Waals surface area contributed by atoms with Gasteiger partial charge in [0.1, 0.15) is 6.20 Å². The van der Waals surface area contributed by atoms with Gasteiger partial charge in [-0.1, -0.05) is 0 Å². The molecule has 0 saturated heterocycles. The zero-order chi connectivity index (χ0) is 12.3. The van der Waals surface area contributed by atoms with Gasteiger partial charge in [0.25, 0.3) is 0 Å². The van der Waals surface area contributed by atoms with Crippen molar-refractivity contribution < 1.29 is 14.5 Å². The first-order chi connectivity index (χ1) is 7.49. The fourth-order valence-electron chi connectivity index (χ4n) is 1.20. The van der Waals surface area contributed by atoms with Crippen molar-refractivity contribution in [3.63, 3.8) is 0 Å². The Morgan fingerprint density at radius 1 is 1.75 bits per heavy atom. The van der Waals surface area contributed by atoms with E-state index in [1.807, 2.05) is 0 Å². The lowest BCUT2D eigenvalue weighted by atomic mass is 10.4. The molecule has 1 rings (SSSR count). The van der Waals surface area contributed by atoms with Gasteiger partial charge in [-0.25, -0.2) is 9.78 Å². The fourth-order valence-corrected chi connectivity index (χ4v) is 1.20. The molecule has 0 aromatic carbocycles. The van der Waals surface area contributed by atoms with E-state index in [-0.39, 0.29) is 18.1 Å². The quantitative estimate of drug-likeness (QED) is 0.332. The Hall–Kier alpha value is -2.18. The van der Waals surface area contributed by atoms with Crippen molar-refractivity contribution in [1.29, 1.82) is 0 Å². The van der Waals surface area contributed by atoms with Gasteiger partial charge in [-0.2, -0.15) is 4.57 Å². The number of carbonyl (C=O) groups excluding carboxylic acids is 1. The Morgan fingerprint density at radius 3 is 2.88 bits per heavy atom. The van der Waals surface area contributed by atoms with Gasteiger partial charge in [0, 0.05) is 6.92 Å². The van der Waals surface area contributed by atoms with E-state index in [0.29, 0.717) is 5.82 Å². The summed E-state index contributed by atoms with van der Waals surface area (Å²) >= 11 is 0. The normalized spacial score (nSPS) is 9.88. The summed E-state index contributed by atoms with van der Waals surface area (Å²) < 4.78 is 5.76. The summed E-state index contributed by atoms with van der Waals surface area (Å²) in [6, 6.07) is 0. The maximum absolute atomic E-state index is 11.4. The molecular formula is C9H11N3O4. The van der Waals surface area contributed by atoms with Crippen LogP contribution in [0.5, 0.6) is 0 Å². The number of imidazole rings is 1. The number of aromatic nitrogens is 2. The molecule has 0 aliphatic carbocycles. The number of aryl methyl sites for hydroxylation is 1. The molecule has 0 atom stereocenters. The predicted molar refractivity (Wildman–Crippen MR) is 55.6 cm³/mol. The van der Waals surface area contributed by atoms with Gasteiger partial charge >= 0.3 is 11.8 Å². The number of nitrogens with zero attached hydrogens (tertiary/aromatic N) is 3. The van der Waals surface area contributed by atoms with Gasteiger partial charge in [-0.3, -0.25) is 0 Å². The molecule has 7 nitrogen and oxygen atoms in total. The molecule has 0 bridgehead atoms. The molecule has 0 aliphatic heterocycles. The number of nitro groups is 1. The number of carbonyl (C=O) groups is 1. The SMILES string of the molecule is C=C(C(=O)OCC)n1c([N+](=O)[O-])cnc1C. The molecule has 0 N–H and O–H groups in total. The summed E-state index contributed by atoms with van der Waals surface area (Å²) in [5, 5.41) is 10.7. The topological polar surface area (TPSA) is 87.3 Å². The van der Waals surface area contributed by atoms with Crippen molar-refractivity contribution in [1.82, 2.24) is 9.55 Å². The first-order valence-corrected chi connectivity index (χ1v) is 4.54. The zero-order valence-electron chi connectivity index (χ0n) is 8.97. The average molecular weight is 225 g/mol. The fraction of sp³-hybridized carbons (Fsp3) is 0.333. The number of ether oxygens (including phenoxy) is 1. The highest BCUT2D eigenvalue weighted by atomic mass is 16.6. The Labute approximate surface area is 91.5 Å². The number of hydrogen-bond donors (Lipinski definition) is 0. The Morgan fingerprint density at radius 2 is 2.38 bits per heavy atom. The van der Waals surface area contributed by atoms with Crippen LogP contribution in [-0.4, -0.2) is 27.1 Å². The molecule has 0 saturated carbocycles. The molecule has 0 fully saturated rings. The third-order valence-corrected chi connectivity index (χ3v) is 1.89. The van der Waals surface area contributed by atoms with Gasteiger partial charge in [0.2, 0.25) is 5.70 Å². The first-order valence-electron chi connectivity index (χ1n) is 4.54. The van der Waals surface area contributed by atoms with Crippen LogP contribution in [0.4, 0.5) is 5.82 Å². The van der Waals surface area contributed by atoms with Crippen LogP contribution in [0, 0.1) is 17.0 Å². The second kappa shape index (κ2) is 4.56. The summed E-state index contributed by atoms with van der Waals surface area (Å²) in [7, 11) is 0. The van der Waals surface area contributed by atoms with Crippen molar-refractivity contribution in [2.24, 2.45) is 0 Å². The van der Waals surface area contributed by atoms with E-state index in [1.54, 1.807) is 6.92 Å². The molecule has 86 valence electrons. The molecule has 0 aliphatic rings. The third kappa shape index (κ3) is 2.08. The van der Waals surface area contributed by atoms with E-state index >= 15 is 0 Å². The van der Waals surface area contributed by atoms with E-state index < -0.39 is 10.9 Å². The molecule has 0 amide bonds. The smallest absolute Gasteiger partial charge is 0.378 e. The Bertz CT molecular complexity index is 450. The van der Waals surface area contributed by atoms with Crippen molar-refractivity contribution in [2.75, 3.05) is 6.61 Å². The Kier molecular flexibility index (Phi) is 3.39. The minimum absolute atomic E-state index is 0.122. The maximum atomic E-state index is 11.4. The highest BCUT2D eigenvalue weighted by Crippen LogP contribution is 2.19. The molecular weight excluding hydrogens is 214 g/mol. The lowest BCUT2D eigenvalue weighted by molar-refractivity contribution is -0.390. The first kappa shape index (κ1) is 11.9. The van der Waals surface area contributed by atoms with Crippen LogP contribution in [0.1, 0.15) is 12.7 Å². The molecule has 16 heavy (non-hydrogen) atoms. The lowest BCUT2D eigenvalue weighted by Gasteiger charge is -2.04. The maximum Gasteiger partial charge on any atom is 0.378 e. The second-order valence-corrected chi connectivity index (χ2v) is 2.92. The van der Waals surface area contributed by atoms with E-state index in [9.17, 15) is 14.9 Å². The highest BCUT2D eigenvalue weighted by molar-refractivity contribution is 6.09. The number of hydrogen-bond acceptors (Lipinski definition) is 5. The summed E-state index contributed by atoms with van der Waals surface area (Å²) in [5.74, 6) is -0.702. The highest BCUT2D eigenvalue weighted by Gasteiger charge is 2.25. The third-order valence-electron chi connectivity index (χ3n) is 1.89. The van der Waals surface area contributed by atoms with Crippen molar-refractivity contribution in [2.45, 2.75) is 13.8 Å². The summed E-state index contributed by atoms with van der Waals surface area (Å²) in [5.41, 5.74) is -0.122. The van der Waals surface area contributed by atoms with Crippen LogP contribution in [0.2, 0.25) is 0 Å².